The van der Waals surface area contributed by atoms with Crippen LogP contribution in [0.1, 0.15) is 0 Å². The third kappa shape index (κ3) is 0.489. The van der Waals surface area contributed by atoms with Gasteiger partial charge in [-0.3, -0.25) is 4.79 Å². The molecule has 0 saturated carbocycles. The van der Waals surface area contributed by atoms with Gasteiger partial charge in [-0.15, -0.1) is 0 Å². The highest BCUT2D eigenvalue weighted by atomic mass is 16.2. The van der Waals surface area contributed by atoms with E-state index < -0.39 is 0 Å². The van der Waals surface area contributed by atoms with Crippen LogP contribution in [0.15, 0.2) is 0 Å². The molecule has 0 aliphatic carbocycles. The zero-order valence-electron chi connectivity index (χ0n) is 4.22. The first kappa shape index (κ1) is 4.59. The van der Waals surface area contributed by atoms with Gasteiger partial charge in [-0.1, -0.05) is 0 Å². The Morgan fingerprint density at radius 3 is 2.57 bits per heavy atom. The molecule has 0 bridgehead atoms. The van der Waals surface area contributed by atoms with Crippen molar-refractivity contribution in [1.29, 1.82) is 0 Å². The summed E-state index contributed by atoms with van der Waals surface area (Å²) in [4.78, 5) is 12.0. The van der Waals surface area contributed by atoms with Crippen LogP contribution in [0.4, 0.5) is 0 Å². The molecule has 1 rings (SSSR count). The van der Waals surface area contributed by atoms with Crippen molar-refractivity contribution in [2.24, 2.45) is 5.73 Å². The fourth-order valence-electron chi connectivity index (χ4n) is 0.634. The largest absolute Gasteiger partial charge is 0.342 e. The SMILES string of the molecule is CN1C[C@H](N)C1=O. The third-order valence-corrected chi connectivity index (χ3v) is 1.16. The zero-order chi connectivity index (χ0) is 5.44. The Morgan fingerprint density at radius 2 is 2.57 bits per heavy atom. The van der Waals surface area contributed by atoms with Crippen LogP contribution >= 0.6 is 0 Å². The topological polar surface area (TPSA) is 46.3 Å². The summed E-state index contributed by atoms with van der Waals surface area (Å²) in [7, 11) is 1.74. The number of carbonyl (C=O) groups excluding carboxylic acids is 1. The average molecular weight is 100 g/mol. The van der Waals surface area contributed by atoms with Gasteiger partial charge in [0.1, 0.15) is 6.04 Å². The first-order valence-corrected chi connectivity index (χ1v) is 2.22. The molecule has 0 spiro atoms. The van der Waals surface area contributed by atoms with Crippen molar-refractivity contribution >= 4 is 5.91 Å². The molecule has 3 heteroatoms. The Balaban J connectivity index is 2.44. The molecule has 1 aliphatic rings. The molecule has 0 unspecified atom stereocenters. The normalized spacial score (nSPS) is 30.3. The summed E-state index contributed by atoms with van der Waals surface area (Å²) in [5.41, 5.74) is 5.22. The van der Waals surface area contributed by atoms with Crippen LogP contribution in [0.5, 0.6) is 0 Å². The average Bonchev–Trinajstić information content (AvgIpc) is 1.68. The number of nitrogens with zero attached hydrogens (tertiary/aromatic N) is 1. The highest BCUT2D eigenvalue weighted by Gasteiger charge is 2.29. The molecule has 7 heavy (non-hydrogen) atoms. The van der Waals surface area contributed by atoms with E-state index in [-0.39, 0.29) is 11.9 Å². The van der Waals surface area contributed by atoms with Crippen LogP contribution in [-0.2, 0) is 4.79 Å². The summed E-state index contributed by atoms with van der Waals surface area (Å²) >= 11 is 0. The second-order valence-corrected chi connectivity index (χ2v) is 1.83. The van der Waals surface area contributed by atoms with Gasteiger partial charge < -0.3 is 10.6 Å². The molecule has 3 nitrogen and oxygen atoms in total. The van der Waals surface area contributed by atoms with Gasteiger partial charge in [0.25, 0.3) is 0 Å². The van der Waals surface area contributed by atoms with E-state index in [1.807, 2.05) is 0 Å². The monoisotopic (exact) mass is 100 g/mol. The van der Waals surface area contributed by atoms with Crippen molar-refractivity contribution in [2.45, 2.75) is 6.04 Å². The first-order valence-electron chi connectivity index (χ1n) is 2.22. The molecule has 1 heterocycles. The van der Waals surface area contributed by atoms with Crippen molar-refractivity contribution < 1.29 is 4.79 Å². The molecule has 1 fully saturated rings. The molecular weight excluding hydrogens is 92.1 g/mol. The van der Waals surface area contributed by atoms with Gasteiger partial charge in [-0.2, -0.15) is 0 Å². The van der Waals surface area contributed by atoms with Crippen LogP contribution in [0.2, 0.25) is 0 Å². The van der Waals surface area contributed by atoms with Crippen molar-refractivity contribution in [1.82, 2.24) is 4.90 Å². The molecule has 40 valence electrons. The quantitative estimate of drug-likeness (QED) is 0.388. The van der Waals surface area contributed by atoms with Crippen molar-refractivity contribution in [3.8, 4) is 0 Å². The van der Waals surface area contributed by atoms with Gasteiger partial charge in [0.15, 0.2) is 0 Å². The lowest BCUT2D eigenvalue weighted by molar-refractivity contribution is -0.140. The molecule has 0 radical (unpaired) electrons. The molecule has 0 aromatic carbocycles. The lowest BCUT2D eigenvalue weighted by Gasteiger charge is -2.32. The van der Waals surface area contributed by atoms with Gasteiger partial charge in [-0.05, 0) is 0 Å². The Bertz CT molecular complexity index is 91.9. The molecule has 0 aromatic heterocycles. The number of β-lactam (4-membered cyclic amide) rings is 1. The summed E-state index contributed by atoms with van der Waals surface area (Å²) in [5.74, 6) is 0.0556. The van der Waals surface area contributed by atoms with E-state index in [4.69, 9.17) is 5.73 Å². The van der Waals surface area contributed by atoms with Gasteiger partial charge >= 0.3 is 0 Å². The Kier molecular flexibility index (Phi) is 0.785. The third-order valence-electron chi connectivity index (χ3n) is 1.16. The number of likely N-dealkylation sites (tertiary alicyclic amines) is 1. The lowest BCUT2D eigenvalue weighted by Crippen LogP contribution is -2.58. The molecule has 1 amide bonds. The maximum absolute atomic E-state index is 10.4. The van der Waals surface area contributed by atoms with Gasteiger partial charge in [0.2, 0.25) is 5.91 Å². The smallest absolute Gasteiger partial charge is 0.241 e. The van der Waals surface area contributed by atoms with E-state index in [2.05, 4.69) is 0 Å². The van der Waals surface area contributed by atoms with Crippen molar-refractivity contribution in [3.05, 3.63) is 0 Å². The number of carbonyl (C=O) groups is 1. The Hall–Kier alpha value is -0.570. The second-order valence-electron chi connectivity index (χ2n) is 1.83. The van der Waals surface area contributed by atoms with Gasteiger partial charge in [0, 0.05) is 13.6 Å². The number of likely N-dealkylation sites (N-methyl/N-ethyl adjacent to an activating group) is 1. The minimum Gasteiger partial charge on any atom is -0.342 e. The highest BCUT2D eigenvalue weighted by Crippen LogP contribution is 2.01. The maximum atomic E-state index is 10.4. The predicted octanol–water partition coefficient (Wildman–Crippen LogP) is -1.21. The molecule has 1 saturated heterocycles. The summed E-state index contributed by atoms with van der Waals surface area (Å²) in [6.45, 7) is 0.721. The second kappa shape index (κ2) is 1.20. The van der Waals surface area contributed by atoms with E-state index in [1.54, 1.807) is 11.9 Å². The zero-order valence-corrected chi connectivity index (χ0v) is 4.22. The van der Waals surface area contributed by atoms with E-state index in [0.29, 0.717) is 0 Å². The maximum Gasteiger partial charge on any atom is 0.241 e. The van der Waals surface area contributed by atoms with Crippen LogP contribution in [-0.4, -0.2) is 30.4 Å². The number of rotatable bonds is 0. The lowest BCUT2D eigenvalue weighted by atomic mass is 10.1. The number of nitrogens with two attached hydrogens (primary N) is 1. The first-order chi connectivity index (χ1) is 3.22. The van der Waals surface area contributed by atoms with Crippen molar-refractivity contribution in [2.75, 3.05) is 13.6 Å². The summed E-state index contributed by atoms with van der Waals surface area (Å²) in [6, 6.07) is -0.204. The van der Waals surface area contributed by atoms with Crippen LogP contribution in [0.3, 0.4) is 0 Å². The van der Waals surface area contributed by atoms with Gasteiger partial charge in [0.05, 0.1) is 0 Å². The molecule has 2 N–H and O–H groups in total. The fraction of sp³-hybridized carbons (Fsp3) is 0.750. The highest BCUT2D eigenvalue weighted by molar-refractivity contribution is 5.87. The standard InChI is InChI=1S/C4H8N2O/c1-6-2-3(5)4(6)7/h3H,2,5H2,1H3/t3-/m0/s1. The van der Waals surface area contributed by atoms with Gasteiger partial charge in [-0.25, -0.2) is 0 Å². The minimum absolute atomic E-state index is 0.0556. The summed E-state index contributed by atoms with van der Waals surface area (Å²) < 4.78 is 0. The van der Waals surface area contributed by atoms with E-state index in [1.165, 1.54) is 0 Å². The van der Waals surface area contributed by atoms with Crippen LogP contribution in [0.25, 0.3) is 0 Å². The van der Waals surface area contributed by atoms with E-state index >= 15 is 0 Å². The van der Waals surface area contributed by atoms with E-state index in [0.717, 1.165) is 6.54 Å². The summed E-state index contributed by atoms with van der Waals surface area (Å²) in [5, 5.41) is 0. The molecule has 0 aromatic rings. The Morgan fingerprint density at radius 1 is 2.00 bits per heavy atom. The fourth-order valence-corrected chi connectivity index (χ4v) is 0.634. The van der Waals surface area contributed by atoms with Crippen molar-refractivity contribution in [3.63, 3.8) is 0 Å². The molecule has 1 aliphatic heterocycles. The Labute approximate surface area is 42.1 Å². The predicted molar refractivity (Wildman–Crippen MR) is 25.6 cm³/mol. The van der Waals surface area contributed by atoms with Crippen LogP contribution in [0, 0.1) is 0 Å². The van der Waals surface area contributed by atoms with Crippen LogP contribution < -0.4 is 5.73 Å². The number of hydrogen-bond acceptors (Lipinski definition) is 2. The summed E-state index contributed by atoms with van der Waals surface area (Å²) in [6.07, 6.45) is 0. The number of amides is 1. The minimum atomic E-state index is -0.204. The molecule has 1 atom stereocenters. The number of hydrogen-bond donors (Lipinski definition) is 1. The molecular formula is C4H8N2O. The van der Waals surface area contributed by atoms with E-state index in [9.17, 15) is 4.79 Å².